The van der Waals surface area contributed by atoms with Crippen molar-refractivity contribution in [3.63, 3.8) is 0 Å². The molecule has 0 aliphatic carbocycles. The fraction of sp³-hybridized carbons (Fsp3) is 1.00. The van der Waals surface area contributed by atoms with Crippen LogP contribution in [-0.4, -0.2) is 40.5 Å². The van der Waals surface area contributed by atoms with Crippen LogP contribution >= 0.6 is 44.2 Å². The van der Waals surface area contributed by atoms with E-state index in [0.717, 1.165) is 6.04 Å². The lowest BCUT2D eigenvalue weighted by Gasteiger charge is -2.25. The van der Waals surface area contributed by atoms with Crippen LogP contribution in [0.4, 0.5) is 0 Å². The van der Waals surface area contributed by atoms with Crippen molar-refractivity contribution >= 4 is 44.2 Å². The Morgan fingerprint density at radius 3 is 1.93 bits per heavy atom. The minimum atomic E-state index is 0.901. The summed E-state index contributed by atoms with van der Waals surface area (Å²) in [6.45, 7) is 2.73. The Morgan fingerprint density at radius 1 is 0.929 bits per heavy atom. The van der Waals surface area contributed by atoms with Gasteiger partial charge < -0.3 is 0 Å². The molecule has 0 amide bonds. The van der Waals surface area contributed by atoms with Gasteiger partial charge in [-0.05, 0) is 30.9 Å². The zero-order valence-electron chi connectivity index (χ0n) is 8.88. The molecule has 0 saturated carbocycles. The van der Waals surface area contributed by atoms with Gasteiger partial charge in [-0.3, -0.25) is 4.90 Å². The van der Waals surface area contributed by atoms with E-state index >= 15 is 0 Å². The number of likely N-dealkylation sites (tertiary alicyclic amines) is 1. The van der Waals surface area contributed by atoms with E-state index in [1.54, 1.807) is 0 Å². The third-order valence-corrected chi connectivity index (χ3v) is 5.29. The van der Waals surface area contributed by atoms with Crippen molar-refractivity contribution in [3.8, 4) is 0 Å². The molecule has 2 heterocycles. The summed E-state index contributed by atoms with van der Waals surface area (Å²) >= 11 is 2.15. The molecule has 2 saturated heterocycles. The van der Waals surface area contributed by atoms with Crippen LogP contribution in [0.2, 0.25) is 0 Å². The molecule has 0 unspecified atom stereocenters. The summed E-state index contributed by atoms with van der Waals surface area (Å²) in [5.74, 6) is 2.73. The molecule has 0 aromatic carbocycles. The van der Waals surface area contributed by atoms with Gasteiger partial charge in [0.2, 0.25) is 0 Å². The van der Waals surface area contributed by atoms with E-state index in [4.69, 9.17) is 0 Å². The molecule has 4 heteroatoms. The van der Waals surface area contributed by atoms with Crippen LogP contribution < -0.4 is 0 Å². The van der Waals surface area contributed by atoms with E-state index in [1.807, 2.05) is 4.93 Å². The lowest BCUT2D eigenvalue weighted by molar-refractivity contribution is 0.239. The van der Waals surface area contributed by atoms with Gasteiger partial charge in [0.15, 0.2) is 0 Å². The topological polar surface area (TPSA) is 3.24 Å². The van der Waals surface area contributed by atoms with Crippen molar-refractivity contribution in [3.05, 3.63) is 0 Å². The van der Waals surface area contributed by atoms with Crippen LogP contribution in [0.25, 0.3) is 0 Å². The molecule has 2 aliphatic rings. The molecule has 14 heavy (non-hydrogen) atoms. The summed E-state index contributed by atoms with van der Waals surface area (Å²) in [6.07, 6.45) is 5.80. The molecule has 2 aliphatic heterocycles. The van der Waals surface area contributed by atoms with Gasteiger partial charge in [0.05, 0.1) is 0 Å². The Kier molecular flexibility index (Phi) is 8.20. The van der Waals surface area contributed by atoms with E-state index in [9.17, 15) is 0 Å². The third kappa shape index (κ3) is 4.49. The minimum absolute atomic E-state index is 0.901. The molecule has 0 aromatic heterocycles. The summed E-state index contributed by atoms with van der Waals surface area (Å²) < 4.78 is 0. The SMILES string of the molecule is C1CCCN(C2CSSC2)CC1.CI. The number of halogens is 1. The average molecular weight is 345 g/mol. The summed E-state index contributed by atoms with van der Waals surface area (Å²) in [6, 6.07) is 0.901. The smallest absolute Gasteiger partial charge is 0.0293 e. The lowest BCUT2D eigenvalue weighted by Crippen LogP contribution is -2.37. The second-order valence-corrected chi connectivity index (χ2v) is 6.23. The number of hydrogen-bond donors (Lipinski definition) is 0. The highest BCUT2D eigenvalue weighted by molar-refractivity contribution is 14.1. The van der Waals surface area contributed by atoms with E-state index in [-0.39, 0.29) is 0 Å². The van der Waals surface area contributed by atoms with E-state index in [1.165, 1.54) is 50.3 Å². The van der Waals surface area contributed by atoms with Gasteiger partial charge in [0.25, 0.3) is 0 Å². The van der Waals surface area contributed by atoms with Gasteiger partial charge in [0, 0.05) is 17.5 Å². The highest BCUT2D eigenvalue weighted by atomic mass is 127. The second-order valence-electron chi connectivity index (χ2n) is 3.67. The number of hydrogen-bond acceptors (Lipinski definition) is 3. The monoisotopic (exact) mass is 345 g/mol. The molecule has 0 bridgehead atoms. The first-order valence-electron chi connectivity index (χ1n) is 5.33. The second kappa shape index (κ2) is 8.53. The highest BCUT2D eigenvalue weighted by Gasteiger charge is 2.23. The number of alkyl halides is 1. The minimum Gasteiger partial charge on any atom is -0.299 e. The van der Waals surface area contributed by atoms with Gasteiger partial charge in [-0.1, -0.05) is 57.0 Å². The van der Waals surface area contributed by atoms with Gasteiger partial charge in [-0.15, -0.1) is 0 Å². The summed E-state index contributed by atoms with van der Waals surface area (Å²) in [5, 5.41) is 0. The molecule has 0 N–H and O–H groups in total. The van der Waals surface area contributed by atoms with E-state index in [0.29, 0.717) is 0 Å². The molecule has 0 aromatic rings. The molecular formula is C10H20INS2. The molecule has 0 spiro atoms. The first-order chi connectivity index (χ1) is 6.97. The lowest BCUT2D eigenvalue weighted by atomic mass is 10.2. The van der Waals surface area contributed by atoms with Gasteiger partial charge >= 0.3 is 0 Å². The van der Waals surface area contributed by atoms with Gasteiger partial charge in [0.1, 0.15) is 0 Å². The zero-order chi connectivity index (χ0) is 10.2. The standard InChI is InChI=1S/C9H17NS2.CH3I/c1-2-4-6-10(5-3-1)9-7-11-12-8-9;1-2/h9H,1-8H2;1H3. The summed E-state index contributed by atoms with van der Waals surface area (Å²) in [7, 11) is 4.12. The number of nitrogens with zero attached hydrogens (tertiary/aromatic N) is 1. The fourth-order valence-electron chi connectivity index (χ4n) is 1.97. The summed E-state index contributed by atoms with van der Waals surface area (Å²) in [5.41, 5.74) is 0. The molecule has 84 valence electrons. The molecule has 0 radical (unpaired) electrons. The normalized spacial score (nSPS) is 25.3. The van der Waals surface area contributed by atoms with Gasteiger partial charge in [-0.25, -0.2) is 0 Å². The quantitative estimate of drug-likeness (QED) is 0.406. The van der Waals surface area contributed by atoms with Crippen molar-refractivity contribution in [1.82, 2.24) is 4.90 Å². The van der Waals surface area contributed by atoms with E-state index < -0.39 is 0 Å². The maximum atomic E-state index is 2.72. The first-order valence-corrected chi connectivity index (χ1v) is 9.97. The van der Waals surface area contributed by atoms with Crippen LogP contribution in [0.1, 0.15) is 25.7 Å². The highest BCUT2D eigenvalue weighted by Crippen LogP contribution is 2.33. The van der Waals surface area contributed by atoms with Crippen LogP contribution in [-0.2, 0) is 0 Å². The Labute approximate surface area is 110 Å². The van der Waals surface area contributed by atoms with Crippen LogP contribution in [0.15, 0.2) is 0 Å². The van der Waals surface area contributed by atoms with Crippen LogP contribution in [0, 0.1) is 0 Å². The van der Waals surface area contributed by atoms with Crippen molar-refractivity contribution in [2.45, 2.75) is 31.7 Å². The predicted octanol–water partition coefficient (Wildman–Crippen LogP) is 3.68. The Bertz CT molecular complexity index is 132. The molecule has 1 nitrogen and oxygen atoms in total. The van der Waals surface area contributed by atoms with Crippen molar-refractivity contribution in [2.24, 2.45) is 0 Å². The van der Waals surface area contributed by atoms with Crippen LogP contribution in [0.3, 0.4) is 0 Å². The largest absolute Gasteiger partial charge is 0.299 e. The fourth-order valence-corrected chi connectivity index (χ4v) is 4.81. The Hall–Kier alpha value is 1.39. The maximum Gasteiger partial charge on any atom is 0.0293 e. The Balaban J connectivity index is 0.000000461. The van der Waals surface area contributed by atoms with Crippen molar-refractivity contribution in [1.29, 1.82) is 0 Å². The molecule has 0 atom stereocenters. The molecule has 2 fully saturated rings. The van der Waals surface area contributed by atoms with Crippen LogP contribution in [0.5, 0.6) is 0 Å². The van der Waals surface area contributed by atoms with Crippen molar-refractivity contribution < 1.29 is 0 Å². The Morgan fingerprint density at radius 2 is 1.43 bits per heavy atom. The van der Waals surface area contributed by atoms with Gasteiger partial charge in [-0.2, -0.15) is 0 Å². The maximum absolute atomic E-state index is 2.72. The summed E-state index contributed by atoms with van der Waals surface area (Å²) in [4.78, 5) is 4.69. The first kappa shape index (κ1) is 13.5. The average Bonchev–Trinajstić information content (AvgIpc) is 2.64. The third-order valence-electron chi connectivity index (χ3n) is 2.76. The zero-order valence-corrected chi connectivity index (χ0v) is 12.7. The van der Waals surface area contributed by atoms with E-state index in [2.05, 4.69) is 49.1 Å². The molecule has 2 rings (SSSR count). The number of rotatable bonds is 1. The van der Waals surface area contributed by atoms with Crippen molar-refractivity contribution in [2.75, 3.05) is 29.5 Å². The predicted molar refractivity (Wildman–Crippen MR) is 78.7 cm³/mol. The molecular weight excluding hydrogens is 325 g/mol.